The van der Waals surface area contributed by atoms with Crippen molar-refractivity contribution in [2.75, 3.05) is 23.1 Å². The number of thioether (sulfide) groups is 1. The molecule has 0 aliphatic rings. The number of nitrogens with one attached hydrogen (secondary N) is 1. The number of sulfonamides is 1. The van der Waals surface area contributed by atoms with Gasteiger partial charge in [0, 0.05) is 12.3 Å². The Hall–Kier alpha value is -2.26. The van der Waals surface area contributed by atoms with Crippen LogP contribution in [-0.4, -0.2) is 33.2 Å². The first-order valence-electron chi connectivity index (χ1n) is 10.4. The number of anilines is 1. The van der Waals surface area contributed by atoms with Gasteiger partial charge in [0.1, 0.15) is 12.4 Å². The first kappa shape index (κ1) is 26.3. The van der Waals surface area contributed by atoms with Crippen molar-refractivity contribution in [2.24, 2.45) is 0 Å². The fourth-order valence-corrected chi connectivity index (χ4v) is 5.68. The minimum atomic E-state index is -4.01. The van der Waals surface area contributed by atoms with Crippen LogP contribution in [0.3, 0.4) is 0 Å². The molecule has 5 nitrogen and oxygen atoms in total. The molecule has 1 N–H and O–H groups in total. The summed E-state index contributed by atoms with van der Waals surface area (Å²) >= 11 is 13.8. The molecule has 0 saturated carbocycles. The van der Waals surface area contributed by atoms with Crippen LogP contribution in [0.2, 0.25) is 10.0 Å². The summed E-state index contributed by atoms with van der Waals surface area (Å²) in [6.07, 6.45) is 0.704. The first-order valence-corrected chi connectivity index (χ1v) is 13.7. The molecule has 3 aromatic carbocycles. The Kier molecular flexibility index (Phi) is 9.64. The molecule has 0 radical (unpaired) electrons. The second-order valence-electron chi connectivity index (χ2n) is 7.31. The molecule has 10 heteroatoms. The second kappa shape index (κ2) is 12.4. The van der Waals surface area contributed by atoms with Crippen LogP contribution in [0.15, 0.2) is 77.7 Å². The average Bonchev–Trinajstić information content (AvgIpc) is 2.83. The largest absolute Gasteiger partial charge is 0.354 e. The molecule has 0 aliphatic heterocycles. The Labute approximate surface area is 213 Å². The van der Waals surface area contributed by atoms with Crippen molar-refractivity contribution >= 4 is 56.6 Å². The molecule has 3 aromatic rings. The number of benzene rings is 3. The van der Waals surface area contributed by atoms with E-state index in [0.717, 1.165) is 21.4 Å². The molecule has 0 aromatic heterocycles. The van der Waals surface area contributed by atoms with Gasteiger partial charge in [-0.2, -0.15) is 11.8 Å². The number of halogens is 3. The van der Waals surface area contributed by atoms with Crippen molar-refractivity contribution in [3.63, 3.8) is 0 Å². The molecule has 0 unspecified atom stereocenters. The topological polar surface area (TPSA) is 66.5 Å². The van der Waals surface area contributed by atoms with Gasteiger partial charge in [0.2, 0.25) is 5.91 Å². The number of amides is 1. The third-order valence-electron chi connectivity index (χ3n) is 4.78. The van der Waals surface area contributed by atoms with Crippen molar-refractivity contribution in [1.29, 1.82) is 0 Å². The Morgan fingerprint density at radius 2 is 1.68 bits per heavy atom. The maximum atomic E-state index is 13.3. The van der Waals surface area contributed by atoms with E-state index in [4.69, 9.17) is 23.2 Å². The number of rotatable bonds is 11. The molecule has 0 heterocycles. The van der Waals surface area contributed by atoms with Gasteiger partial charge < -0.3 is 5.32 Å². The van der Waals surface area contributed by atoms with E-state index in [0.29, 0.717) is 13.0 Å². The molecule has 1 amide bonds. The molecule has 3 rings (SSSR count). The van der Waals surface area contributed by atoms with Crippen molar-refractivity contribution in [3.05, 3.63) is 94.2 Å². The number of nitrogens with zero attached hydrogens (tertiary/aromatic N) is 1. The van der Waals surface area contributed by atoms with E-state index in [2.05, 4.69) is 5.32 Å². The number of carbonyl (C=O) groups is 1. The Balaban J connectivity index is 1.59. The highest BCUT2D eigenvalue weighted by Crippen LogP contribution is 2.30. The van der Waals surface area contributed by atoms with Gasteiger partial charge in [0.25, 0.3) is 10.0 Å². The average molecular weight is 541 g/mol. The van der Waals surface area contributed by atoms with E-state index in [9.17, 15) is 17.6 Å². The lowest BCUT2D eigenvalue weighted by Gasteiger charge is -2.24. The molecule has 34 heavy (non-hydrogen) atoms. The summed E-state index contributed by atoms with van der Waals surface area (Å²) < 4.78 is 40.5. The standard InChI is InChI=1S/C24H23Cl2FN2O3S2/c25-22-12-11-20(15-23(22)26)29(34(31,32)21-5-2-1-3-6-21)16-24(30)28-13-4-14-33-17-18-7-9-19(27)10-8-18/h1-3,5-12,15H,4,13-14,16-17H2,(H,28,30). The summed E-state index contributed by atoms with van der Waals surface area (Å²) in [5.41, 5.74) is 1.27. The number of carbonyl (C=O) groups excluding carboxylic acids is 1. The molecule has 0 fully saturated rings. The SMILES string of the molecule is O=C(CN(c1ccc(Cl)c(Cl)c1)S(=O)(=O)c1ccccc1)NCCCSCc1ccc(F)cc1. The van der Waals surface area contributed by atoms with E-state index in [-0.39, 0.29) is 26.4 Å². The predicted molar refractivity (Wildman–Crippen MR) is 138 cm³/mol. The van der Waals surface area contributed by atoms with Gasteiger partial charge in [-0.1, -0.05) is 53.5 Å². The zero-order valence-corrected chi connectivity index (χ0v) is 21.2. The number of hydrogen-bond acceptors (Lipinski definition) is 4. The molecular formula is C24H23Cl2FN2O3S2. The molecule has 0 atom stereocenters. The van der Waals surface area contributed by atoms with Gasteiger partial charge >= 0.3 is 0 Å². The third kappa shape index (κ3) is 7.37. The van der Waals surface area contributed by atoms with Gasteiger partial charge in [-0.05, 0) is 60.2 Å². The van der Waals surface area contributed by atoms with Crippen LogP contribution in [0.5, 0.6) is 0 Å². The predicted octanol–water partition coefficient (Wildman–Crippen LogP) is 5.77. The summed E-state index contributed by atoms with van der Waals surface area (Å²) in [5, 5.41) is 3.24. The molecule has 180 valence electrons. The van der Waals surface area contributed by atoms with Crippen LogP contribution in [0.4, 0.5) is 10.1 Å². The van der Waals surface area contributed by atoms with Crippen molar-refractivity contribution in [3.8, 4) is 0 Å². The fourth-order valence-electron chi connectivity index (χ4n) is 3.03. The quantitative estimate of drug-likeness (QED) is 0.313. The maximum Gasteiger partial charge on any atom is 0.264 e. The molecular weight excluding hydrogens is 518 g/mol. The van der Waals surface area contributed by atoms with Gasteiger partial charge in [-0.3, -0.25) is 9.10 Å². The van der Waals surface area contributed by atoms with Gasteiger partial charge in [0.05, 0.1) is 20.6 Å². The first-order chi connectivity index (χ1) is 16.3. The smallest absolute Gasteiger partial charge is 0.264 e. The molecule has 0 saturated heterocycles. The Morgan fingerprint density at radius 1 is 0.971 bits per heavy atom. The summed E-state index contributed by atoms with van der Waals surface area (Å²) in [6, 6.07) is 18.6. The van der Waals surface area contributed by atoms with Crippen molar-refractivity contribution in [2.45, 2.75) is 17.1 Å². The summed E-state index contributed by atoms with van der Waals surface area (Å²) in [5.74, 6) is 0.834. The minimum Gasteiger partial charge on any atom is -0.354 e. The lowest BCUT2D eigenvalue weighted by molar-refractivity contribution is -0.119. The van der Waals surface area contributed by atoms with E-state index < -0.39 is 22.5 Å². The Bertz CT molecular complexity index is 1210. The van der Waals surface area contributed by atoms with Crippen LogP contribution in [0, 0.1) is 5.82 Å². The van der Waals surface area contributed by atoms with Gasteiger partial charge in [-0.25, -0.2) is 12.8 Å². The van der Waals surface area contributed by atoms with Crippen molar-refractivity contribution in [1.82, 2.24) is 5.32 Å². The van der Waals surface area contributed by atoms with Crippen LogP contribution in [0.1, 0.15) is 12.0 Å². The maximum absolute atomic E-state index is 13.3. The summed E-state index contributed by atoms with van der Waals surface area (Å²) in [4.78, 5) is 12.7. The summed E-state index contributed by atoms with van der Waals surface area (Å²) in [6.45, 7) is -0.00619. The highest BCUT2D eigenvalue weighted by molar-refractivity contribution is 7.98. The highest BCUT2D eigenvalue weighted by atomic mass is 35.5. The van der Waals surface area contributed by atoms with E-state index >= 15 is 0 Å². The third-order valence-corrected chi connectivity index (χ3v) is 8.42. The number of hydrogen-bond donors (Lipinski definition) is 1. The zero-order chi connectivity index (χ0) is 24.6. The van der Waals surface area contributed by atoms with Crippen LogP contribution in [0.25, 0.3) is 0 Å². The van der Waals surface area contributed by atoms with Gasteiger partial charge in [0.15, 0.2) is 0 Å². The molecule has 0 bridgehead atoms. The van der Waals surface area contributed by atoms with E-state index in [1.165, 1.54) is 42.5 Å². The lowest BCUT2D eigenvalue weighted by Crippen LogP contribution is -2.41. The molecule has 0 spiro atoms. The van der Waals surface area contributed by atoms with E-state index in [1.54, 1.807) is 42.1 Å². The van der Waals surface area contributed by atoms with Crippen LogP contribution >= 0.6 is 35.0 Å². The second-order valence-corrected chi connectivity index (χ2v) is 11.1. The van der Waals surface area contributed by atoms with Gasteiger partial charge in [-0.15, -0.1) is 0 Å². The highest BCUT2D eigenvalue weighted by Gasteiger charge is 2.27. The zero-order valence-electron chi connectivity index (χ0n) is 18.1. The lowest BCUT2D eigenvalue weighted by atomic mass is 10.2. The van der Waals surface area contributed by atoms with Crippen molar-refractivity contribution < 1.29 is 17.6 Å². The normalized spacial score (nSPS) is 11.3. The minimum absolute atomic E-state index is 0.0612. The Morgan fingerprint density at radius 3 is 2.35 bits per heavy atom. The summed E-state index contributed by atoms with van der Waals surface area (Å²) in [7, 11) is -4.01. The van der Waals surface area contributed by atoms with E-state index in [1.807, 2.05) is 0 Å². The monoisotopic (exact) mass is 540 g/mol. The van der Waals surface area contributed by atoms with Crippen LogP contribution < -0.4 is 9.62 Å². The molecule has 0 aliphatic carbocycles. The van der Waals surface area contributed by atoms with Crippen LogP contribution in [-0.2, 0) is 20.6 Å². The fraction of sp³-hybridized carbons (Fsp3) is 0.208.